The van der Waals surface area contributed by atoms with Crippen molar-refractivity contribution in [2.24, 2.45) is 0 Å². The van der Waals surface area contributed by atoms with Gasteiger partial charge in [-0.2, -0.15) is 0 Å². The Morgan fingerprint density at radius 3 is 2.37 bits per heavy atom. The van der Waals surface area contributed by atoms with Gasteiger partial charge in [0, 0.05) is 16.1 Å². The highest BCUT2D eigenvalue weighted by Gasteiger charge is 2.18. The third-order valence-corrected chi connectivity index (χ3v) is 6.09. The number of hydrogen-bond donors (Lipinski definition) is 0. The lowest BCUT2D eigenvalue weighted by Crippen LogP contribution is -2.05. The van der Waals surface area contributed by atoms with Crippen molar-refractivity contribution in [2.75, 3.05) is 5.75 Å². The standard InChI is InChI=1S/C24H20ClN3OS/c1-16-8-13-21(14-17(16)2)28-23(19-6-4-3-5-7-19)26-27-24(28)30-15-22(29)18-9-11-20(25)12-10-18/h3-14H,15H2,1-2H3. The molecule has 0 N–H and O–H groups in total. The van der Waals surface area contributed by atoms with E-state index in [2.05, 4.69) is 42.2 Å². The summed E-state index contributed by atoms with van der Waals surface area (Å²) in [6, 6.07) is 23.2. The summed E-state index contributed by atoms with van der Waals surface area (Å²) in [5, 5.41) is 10.1. The van der Waals surface area contributed by atoms with Crippen molar-refractivity contribution in [2.45, 2.75) is 19.0 Å². The zero-order chi connectivity index (χ0) is 21.1. The summed E-state index contributed by atoms with van der Waals surface area (Å²) < 4.78 is 2.02. The Hall–Kier alpha value is -2.89. The number of aryl methyl sites for hydroxylation is 2. The number of benzene rings is 3. The lowest BCUT2D eigenvalue weighted by atomic mass is 10.1. The maximum atomic E-state index is 12.6. The molecule has 0 radical (unpaired) electrons. The maximum Gasteiger partial charge on any atom is 0.196 e. The SMILES string of the molecule is Cc1ccc(-n2c(SCC(=O)c3ccc(Cl)cc3)nnc2-c2ccccc2)cc1C. The smallest absolute Gasteiger partial charge is 0.196 e. The van der Waals surface area contributed by atoms with E-state index >= 15 is 0 Å². The van der Waals surface area contributed by atoms with Crippen LogP contribution in [0.25, 0.3) is 17.1 Å². The summed E-state index contributed by atoms with van der Waals surface area (Å²) in [7, 11) is 0. The third-order valence-electron chi connectivity index (χ3n) is 4.91. The van der Waals surface area contributed by atoms with E-state index in [-0.39, 0.29) is 11.5 Å². The first-order valence-corrected chi connectivity index (χ1v) is 10.9. The second-order valence-corrected chi connectivity index (χ2v) is 8.37. The van der Waals surface area contributed by atoms with Gasteiger partial charge in [0.1, 0.15) is 0 Å². The van der Waals surface area contributed by atoms with Gasteiger partial charge in [-0.1, -0.05) is 59.8 Å². The number of nitrogens with zero attached hydrogens (tertiary/aromatic N) is 3. The van der Waals surface area contributed by atoms with Crippen LogP contribution in [-0.4, -0.2) is 26.3 Å². The number of carbonyl (C=O) groups is 1. The van der Waals surface area contributed by atoms with E-state index in [1.54, 1.807) is 24.3 Å². The molecule has 0 aliphatic rings. The molecule has 4 aromatic rings. The van der Waals surface area contributed by atoms with Gasteiger partial charge >= 0.3 is 0 Å². The van der Waals surface area contributed by atoms with Crippen molar-refractivity contribution in [1.29, 1.82) is 0 Å². The van der Waals surface area contributed by atoms with E-state index in [4.69, 9.17) is 11.6 Å². The Morgan fingerprint density at radius 1 is 0.933 bits per heavy atom. The highest BCUT2D eigenvalue weighted by atomic mass is 35.5. The van der Waals surface area contributed by atoms with Gasteiger partial charge in [-0.3, -0.25) is 9.36 Å². The molecule has 1 heterocycles. The molecule has 0 unspecified atom stereocenters. The summed E-state index contributed by atoms with van der Waals surface area (Å²) in [5.41, 5.74) is 4.99. The van der Waals surface area contributed by atoms with Crippen LogP contribution in [0.2, 0.25) is 5.02 Å². The number of halogens is 1. The molecule has 4 nitrogen and oxygen atoms in total. The molecule has 0 aliphatic carbocycles. The van der Waals surface area contributed by atoms with Crippen LogP contribution in [0.5, 0.6) is 0 Å². The monoisotopic (exact) mass is 433 g/mol. The van der Waals surface area contributed by atoms with Gasteiger partial charge in [0.05, 0.1) is 11.4 Å². The van der Waals surface area contributed by atoms with Gasteiger partial charge in [0.15, 0.2) is 16.8 Å². The molecule has 0 saturated carbocycles. The van der Waals surface area contributed by atoms with Crippen molar-refractivity contribution in [1.82, 2.24) is 14.8 Å². The average Bonchev–Trinajstić information content (AvgIpc) is 3.19. The van der Waals surface area contributed by atoms with Crippen LogP contribution < -0.4 is 0 Å². The molecule has 4 rings (SSSR count). The summed E-state index contributed by atoms with van der Waals surface area (Å²) >= 11 is 7.31. The quantitative estimate of drug-likeness (QED) is 0.269. The molecular formula is C24H20ClN3OS. The van der Waals surface area contributed by atoms with E-state index < -0.39 is 0 Å². The molecule has 6 heteroatoms. The topological polar surface area (TPSA) is 47.8 Å². The molecule has 0 atom stereocenters. The van der Waals surface area contributed by atoms with Crippen LogP contribution in [0.1, 0.15) is 21.5 Å². The number of ketones is 1. The Labute approximate surface area is 184 Å². The summed E-state index contributed by atoms with van der Waals surface area (Å²) in [4.78, 5) is 12.6. The minimum Gasteiger partial charge on any atom is -0.293 e. The Morgan fingerprint density at radius 2 is 1.67 bits per heavy atom. The number of thioether (sulfide) groups is 1. The molecule has 30 heavy (non-hydrogen) atoms. The lowest BCUT2D eigenvalue weighted by Gasteiger charge is -2.12. The van der Waals surface area contributed by atoms with Crippen LogP contribution in [0, 0.1) is 13.8 Å². The van der Waals surface area contributed by atoms with Crippen LogP contribution >= 0.6 is 23.4 Å². The fourth-order valence-electron chi connectivity index (χ4n) is 3.08. The average molecular weight is 434 g/mol. The maximum absolute atomic E-state index is 12.6. The Kier molecular flexibility index (Phi) is 6.02. The van der Waals surface area contributed by atoms with Gasteiger partial charge in [0.25, 0.3) is 0 Å². The first kappa shape index (κ1) is 20.4. The minimum atomic E-state index is 0.0209. The van der Waals surface area contributed by atoms with Gasteiger partial charge < -0.3 is 0 Å². The highest BCUT2D eigenvalue weighted by Crippen LogP contribution is 2.29. The van der Waals surface area contributed by atoms with E-state index in [9.17, 15) is 4.79 Å². The Bertz CT molecular complexity index is 1190. The van der Waals surface area contributed by atoms with E-state index in [0.717, 1.165) is 17.1 Å². The van der Waals surface area contributed by atoms with Crippen molar-refractivity contribution in [3.05, 3.63) is 94.5 Å². The van der Waals surface area contributed by atoms with E-state index in [1.165, 1.54) is 22.9 Å². The molecule has 0 bridgehead atoms. The van der Waals surface area contributed by atoms with Gasteiger partial charge in [-0.15, -0.1) is 10.2 Å². The number of hydrogen-bond acceptors (Lipinski definition) is 4. The minimum absolute atomic E-state index is 0.0209. The molecule has 0 aliphatic heterocycles. The first-order valence-electron chi connectivity index (χ1n) is 9.53. The largest absolute Gasteiger partial charge is 0.293 e. The van der Waals surface area contributed by atoms with Crippen LogP contribution in [-0.2, 0) is 0 Å². The summed E-state index contributed by atoms with van der Waals surface area (Å²) in [5.74, 6) is 1.03. The predicted octanol–water partition coefficient (Wildman–Crippen LogP) is 6.18. The normalized spacial score (nSPS) is 10.9. The summed E-state index contributed by atoms with van der Waals surface area (Å²) in [6.07, 6.45) is 0. The molecule has 1 aromatic heterocycles. The fraction of sp³-hybridized carbons (Fsp3) is 0.125. The van der Waals surface area contributed by atoms with Crippen molar-refractivity contribution in [3.63, 3.8) is 0 Å². The van der Waals surface area contributed by atoms with E-state index in [1.807, 2.05) is 34.9 Å². The van der Waals surface area contributed by atoms with E-state index in [0.29, 0.717) is 15.7 Å². The molecule has 0 spiro atoms. The number of Topliss-reactive ketones (excluding diaryl/α,β-unsaturated/α-hetero) is 1. The molecule has 0 amide bonds. The van der Waals surface area contributed by atoms with Crippen molar-refractivity contribution >= 4 is 29.1 Å². The first-order chi connectivity index (χ1) is 14.5. The molecular weight excluding hydrogens is 414 g/mol. The van der Waals surface area contributed by atoms with Crippen molar-refractivity contribution in [3.8, 4) is 17.1 Å². The molecule has 150 valence electrons. The van der Waals surface area contributed by atoms with Crippen LogP contribution in [0.4, 0.5) is 0 Å². The van der Waals surface area contributed by atoms with Gasteiger partial charge in [0.2, 0.25) is 0 Å². The lowest BCUT2D eigenvalue weighted by molar-refractivity contribution is 0.102. The second-order valence-electron chi connectivity index (χ2n) is 6.99. The summed E-state index contributed by atoms with van der Waals surface area (Å²) in [6.45, 7) is 4.17. The molecule has 3 aromatic carbocycles. The number of rotatable bonds is 6. The van der Waals surface area contributed by atoms with Crippen molar-refractivity contribution < 1.29 is 4.79 Å². The molecule has 0 fully saturated rings. The second kappa shape index (κ2) is 8.86. The number of aromatic nitrogens is 3. The number of carbonyl (C=O) groups excluding carboxylic acids is 1. The highest BCUT2D eigenvalue weighted by molar-refractivity contribution is 7.99. The van der Waals surface area contributed by atoms with Crippen LogP contribution in [0.3, 0.4) is 0 Å². The van der Waals surface area contributed by atoms with Crippen LogP contribution in [0.15, 0.2) is 78.0 Å². The van der Waals surface area contributed by atoms with Gasteiger partial charge in [-0.05, 0) is 61.4 Å². The zero-order valence-corrected chi connectivity index (χ0v) is 18.2. The third kappa shape index (κ3) is 4.32. The zero-order valence-electron chi connectivity index (χ0n) is 16.7. The molecule has 0 saturated heterocycles. The Balaban J connectivity index is 1.69. The van der Waals surface area contributed by atoms with Gasteiger partial charge in [-0.25, -0.2) is 0 Å². The fourth-order valence-corrected chi connectivity index (χ4v) is 4.06. The predicted molar refractivity (Wildman–Crippen MR) is 123 cm³/mol.